The van der Waals surface area contributed by atoms with E-state index in [4.69, 9.17) is 25.5 Å². The van der Waals surface area contributed by atoms with Crippen molar-refractivity contribution in [3.63, 3.8) is 0 Å². The molecule has 0 aromatic heterocycles. The van der Waals surface area contributed by atoms with E-state index in [1.54, 1.807) is 13.8 Å². The number of aliphatic hydroxyl groups excluding tert-OH is 1. The van der Waals surface area contributed by atoms with Gasteiger partial charge in [0, 0.05) is 6.10 Å². The van der Waals surface area contributed by atoms with Crippen molar-refractivity contribution in [3.05, 3.63) is 0 Å². The van der Waals surface area contributed by atoms with Crippen molar-refractivity contribution in [2.45, 2.75) is 20.0 Å². The molecule has 4 heteroatoms. The van der Waals surface area contributed by atoms with E-state index in [1.807, 2.05) is 0 Å². The molecule has 0 heterocycles. The van der Waals surface area contributed by atoms with E-state index >= 15 is 0 Å². The summed E-state index contributed by atoms with van der Waals surface area (Å²) in [5.41, 5.74) is 0. The standard InChI is InChI=1S/C3H8O.2ClH.Ni/c1-3(2)4;;;/h3-4H,1-2H3;2*1H;/q;;;+2/p-2. The van der Waals surface area contributed by atoms with Crippen molar-refractivity contribution in [3.8, 4) is 0 Å². The zero-order valence-corrected chi connectivity index (χ0v) is 6.60. The number of rotatable bonds is 0. The molecule has 0 atom stereocenters. The van der Waals surface area contributed by atoms with Crippen LogP contribution >= 0.6 is 20.4 Å². The van der Waals surface area contributed by atoms with Gasteiger partial charge >= 0.3 is 33.0 Å². The molecule has 0 fully saturated rings. The van der Waals surface area contributed by atoms with E-state index < -0.39 is 0 Å². The Morgan fingerprint density at radius 3 is 1.43 bits per heavy atom. The Hall–Kier alpha value is 1.03. The maximum absolute atomic E-state index is 8.06. The van der Waals surface area contributed by atoms with Crippen LogP contribution < -0.4 is 0 Å². The van der Waals surface area contributed by atoms with Gasteiger partial charge in [0.05, 0.1) is 0 Å². The van der Waals surface area contributed by atoms with Gasteiger partial charge in [-0.3, -0.25) is 0 Å². The van der Waals surface area contributed by atoms with Crippen molar-refractivity contribution in [2.24, 2.45) is 0 Å². The van der Waals surface area contributed by atoms with Crippen LogP contribution in [0.25, 0.3) is 0 Å². The van der Waals surface area contributed by atoms with Gasteiger partial charge in [-0.2, -0.15) is 0 Å². The molecule has 0 aromatic rings. The van der Waals surface area contributed by atoms with Crippen LogP contribution in [0, 0.1) is 0 Å². The summed E-state index contributed by atoms with van der Waals surface area (Å²) in [7, 11) is 9.40. The quantitative estimate of drug-likeness (QED) is 0.576. The molecule has 7 heavy (non-hydrogen) atoms. The summed E-state index contributed by atoms with van der Waals surface area (Å²) in [6, 6.07) is 0. The van der Waals surface area contributed by atoms with Gasteiger partial charge < -0.3 is 5.11 Å². The Morgan fingerprint density at radius 1 is 1.43 bits per heavy atom. The van der Waals surface area contributed by atoms with E-state index in [2.05, 4.69) is 0 Å². The zero-order valence-electron chi connectivity index (χ0n) is 4.10. The molecular weight excluding hydrogens is 182 g/mol. The SMILES string of the molecule is CC(C)O.[Cl][Ni][Cl]. The second-order valence-electron chi connectivity index (χ2n) is 1.14. The van der Waals surface area contributed by atoms with Crippen molar-refractivity contribution in [2.75, 3.05) is 0 Å². The fourth-order valence-corrected chi connectivity index (χ4v) is 0. The molecule has 0 aromatic carbocycles. The number of hydrogen-bond acceptors (Lipinski definition) is 1. The number of hydrogen-bond donors (Lipinski definition) is 1. The van der Waals surface area contributed by atoms with Crippen LogP contribution in [0.1, 0.15) is 13.8 Å². The molecule has 1 N–H and O–H groups in total. The molecular formula is C3H8Cl2NiO. The molecule has 0 unspecified atom stereocenters. The summed E-state index contributed by atoms with van der Waals surface area (Å²) in [4.78, 5) is 0. The van der Waals surface area contributed by atoms with Crippen LogP contribution in [0.3, 0.4) is 0 Å². The molecule has 0 saturated heterocycles. The Bertz CT molecular complexity index is 24.1. The Kier molecular flexibility index (Phi) is 15.8. The maximum atomic E-state index is 8.06. The zero-order chi connectivity index (χ0) is 6.28. The molecule has 0 aliphatic rings. The first-order valence-corrected chi connectivity index (χ1v) is 4.37. The third-order valence-corrected chi connectivity index (χ3v) is 0. The van der Waals surface area contributed by atoms with Crippen LogP contribution in [0.2, 0.25) is 0 Å². The van der Waals surface area contributed by atoms with Crippen LogP contribution in [0.15, 0.2) is 0 Å². The first-order valence-electron chi connectivity index (χ1n) is 1.65. The summed E-state index contributed by atoms with van der Waals surface area (Å²) in [6.07, 6.45) is -0.167. The van der Waals surface area contributed by atoms with Gasteiger partial charge in [-0.25, -0.2) is 0 Å². The second-order valence-corrected chi connectivity index (χ2v) is 2.77. The normalized spacial score (nSPS) is 8.29. The molecule has 0 saturated carbocycles. The Morgan fingerprint density at radius 2 is 1.43 bits per heavy atom. The van der Waals surface area contributed by atoms with Crippen LogP contribution in [0.4, 0.5) is 0 Å². The Balaban J connectivity index is 0. The number of aliphatic hydroxyl groups is 1. The predicted molar refractivity (Wildman–Crippen MR) is 29.1 cm³/mol. The summed E-state index contributed by atoms with van der Waals surface area (Å²) in [6.45, 7) is 3.44. The average Bonchev–Trinajstić information content (AvgIpc) is 1.33. The molecule has 0 spiro atoms. The summed E-state index contributed by atoms with van der Waals surface area (Å²) in [5.74, 6) is 0. The van der Waals surface area contributed by atoms with Crippen molar-refractivity contribution >= 4 is 20.4 Å². The van der Waals surface area contributed by atoms with E-state index in [0.29, 0.717) is 12.7 Å². The van der Waals surface area contributed by atoms with Crippen LogP contribution in [-0.2, 0) is 12.7 Å². The topological polar surface area (TPSA) is 20.2 Å². The molecule has 1 nitrogen and oxygen atoms in total. The van der Waals surface area contributed by atoms with Gasteiger partial charge in [-0.1, -0.05) is 0 Å². The fourth-order valence-electron chi connectivity index (χ4n) is 0. The fraction of sp³-hybridized carbons (Fsp3) is 1.00. The minimum atomic E-state index is -0.167. The van der Waals surface area contributed by atoms with Gasteiger partial charge in [-0.15, -0.1) is 0 Å². The molecule has 0 radical (unpaired) electrons. The van der Waals surface area contributed by atoms with Gasteiger partial charge in [0.1, 0.15) is 0 Å². The molecule has 0 aliphatic heterocycles. The van der Waals surface area contributed by atoms with Gasteiger partial charge in [0.25, 0.3) is 0 Å². The molecule has 0 bridgehead atoms. The van der Waals surface area contributed by atoms with Gasteiger partial charge in [0.15, 0.2) is 0 Å². The molecule has 0 aliphatic carbocycles. The molecule has 50 valence electrons. The van der Waals surface area contributed by atoms with Crippen molar-refractivity contribution < 1.29 is 17.8 Å². The minimum absolute atomic E-state index is 0.167. The van der Waals surface area contributed by atoms with E-state index in [0.717, 1.165) is 0 Å². The third-order valence-electron chi connectivity index (χ3n) is 0. The first-order chi connectivity index (χ1) is 3.15. The summed E-state index contributed by atoms with van der Waals surface area (Å²) in [5, 5.41) is 8.06. The second kappa shape index (κ2) is 10.1. The van der Waals surface area contributed by atoms with Crippen LogP contribution in [0.5, 0.6) is 0 Å². The van der Waals surface area contributed by atoms with E-state index in [9.17, 15) is 0 Å². The number of halogens is 2. The van der Waals surface area contributed by atoms with Crippen molar-refractivity contribution in [1.29, 1.82) is 0 Å². The van der Waals surface area contributed by atoms with E-state index in [1.165, 1.54) is 0 Å². The summed E-state index contributed by atoms with van der Waals surface area (Å²) < 4.78 is 0. The monoisotopic (exact) mass is 188 g/mol. The van der Waals surface area contributed by atoms with Crippen molar-refractivity contribution in [1.82, 2.24) is 0 Å². The van der Waals surface area contributed by atoms with Gasteiger partial charge in [-0.05, 0) is 13.8 Å². The molecule has 0 rings (SSSR count). The summed E-state index contributed by atoms with van der Waals surface area (Å²) >= 11 is 0.569. The van der Waals surface area contributed by atoms with E-state index in [-0.39, 0.29) is 6.10 Å². The Labute approximate surface area is 58.4 Å². The predicted octanol–water partition coefficient (Wildman–Crippen LogP) is 1.76. The van der Waals surface area contributed by atoms with Crippen LogP contribution in [-0.4, -0.2) is 11.2 Å². The molecule has 0 amide bonds. The average molecular weight is 190 g/mol. The first kappa shape index (κ1) is 10.9. The third kappa shape index (κ3) is 167. The van der Waals surface area contributed by atoms with Gasteiger partial charge in [0.2, 0.25) is 0 Å².